The number of anilines is 1. The van der Waals surface area contributed by atoms with E-state index in [9.17, 15) is 13.6 Å². The molecule has 4 rings (SSSR count). The van der Waals surface area contributed by atoms with Gasteiger partial charge in [0.15, 0.2) is 16.6 Å². The zero-order valence-corrected chi connectivity index (χ0v) is 19.6. The van der Waals surface area contributed by atoms with Crippen LogP contribution in [0.25, 0.3) is 10.6 Å². The predicted octanol–water partition coefficient (Wildman–Crippen LogP) is 5.71. The van der Waals surface area contributed by atoms with Crippen LogP contribution >= 0.6 is 22.7 Å². The number of halogens is 2. The minimum absolute atomic E-state index is 0.253. The molecule has 0 radical (unpaired) electrons. The Balaban J connectivity index is 1.49. The molecule has 0 fully saturated rings. The molecule has 33 heavy (non-hydrogen) atoms. The third-order valence-corrected chi connectivity index (χ3v) is 6.91. The molecule has 2 aromatic heterocycles. The van der Waals surface area contributed by atoms with Gasteiger partial charge in [0, 0.05) is 29.1 Å². The van der Waals surface area contributed by atoms with Gasteiger partial charge in [-0.1, -0.05) is 6.07 Å². The van der Waals surface area contributed by atoms with Gasteiger partial charge in [-0.3, -0.25) is 10.1 Å². The van der Waals surface area contributed by atoms with Crippen LogP contribution in [0.5, 0.6) is 11.5 Å². The predicted molar refractivity (Wildman–Crippen MR) is 125 cm³/mol. The van der Waals surface area contributed by atoms with E-state index in [4.69, 9.17) is 9.47 Å². The van der Waals surface area contributed by atoms with Crippen LogP contribution in [0, 0.1) is 18.6 Å². The van der Waals surface area contributed by atoms with E-state index in [-0.39, 0.29) is 12.3 Å². The fourth-order valence-corrected chi connectivity index (χ4v) is 4.94. The van der Waals surface area contributed by atoms with Crippen LogP contribution in [0.15, 0.2) is 42.6 Å². The van der Waals surface area contributed by atoms with Crippen molar-refractivity contribution >= 4 is 33.7 Å². The van der Waals surface area contributed by atoms with Crippen LogP contribution in [-0.4, -0.2) is 30.1 Å². The monoisotopic (exact) mass is 487 g/mol. The SMILES string of the molecule is COc1ccc(-c2nc(C)c(C(=O)Nc3ncc(Cc4ccc(F)cc4F)s3)s2)cc1OC. The number of aromatic nitrogens is 2. The molecule has 2 aromatic carbocycles. The van der Waals surface area contributed by atoms with Gasteiger partial charge in [-0.15, -0.1) is 22.7 Å². The molecule has 2 heterocycles. The summed E-state index contributed by atoms with van der Waals surface area (Å²) in [5, 5.41) is 3.83. The zero-order valence-electron chi connectivity index (χ0n) is 17.9. The molecule has 0 saturated carbocycles. The summed E-state index contributed by atoms with van der Waals surface area (Å²) < 4.78 is 37.6. The molecular formula is C23H19F2N3O3S2. The highest BCUT2D eigenvalue weighted by Gasteiger charge is 2.19. The molecule has 0 aliphatic rings. The Kier molecular flexibility index (Phi) is 6.66. The summed E-state index contributed by atoms with van der Waals surface area (Å²) in [6.07, 6.45) is 1.82. The number of amides is 1. The summed E-state index contributed by atoms with van der Waals surface area (Å²) >= 11 is 2.49. The molecule has 0 saturated heterocycles. The van der Waals surface area contributed by atoms with Crippen molar-refractivity contribution < 1.29 is 23.0 Å². The molecule has 4 aromatic rings. The first-order chi connectivity index (χ1) is 15.9. The number of nitrogens with one attached hydrogen (secondary N) is 1. The Morgan fingerprint density at radius 3 is 2.58 bits per heavy atom. The van der Waals surface area contributed by atoms with Crippen molar-refractivity contribution in [3.63, 3.8) is 0 Å². The van der Waals surface area contributed by atoms with Crippen LogP contribution in [0.3, 0.4) is 0 Å². The van der Waals surface area contributed by atoms with E-state index < -0.39 is 11.6 Å². The number of carbonyl (C=O) groups excluding carboxylic acids is 1. The maximum atomic E-state index is 13.9. The quantitative estimate of drug-likeness (QED) is 0.361. The van der Waals surface area contributed by atoms with Crippen molar-refractivity contribution in [2.75, 3.05) is 19.5 Å². The normalized spacial score (nSPS) is 10.8. The largest absolute Gasteiger partial charge is 0.493 e. The number of carbonyl (C=O) groups is 1. The molecule has 10 heteroatoms. The second-order valence-electron chi connectivity index (χ2n) is 7.00. The number of nitrogens with zero attached hydrogens (tertiary/aromatic N) is 2. The maximum Gasteiger partial charge on any atom is 0.269 e. The first-order valence-electron chi connectivity index (χ1n) is 9.77. The van der Waals surface area contributed by atoms with Gasteiger partial charge in [-0.05, 0) is 36.8 Å². The van der Waals surface area contributed by atoms with E-state index in [0.29, 0.717) is 37.8 Å². The molecule has 1 amide bonds. The van der Waals surface area contributed by atoms with Crippen molar-refractivity contribution in [3.8, 4) is 22.1 Å². The Labute approximate surface area is 196 Å². The van der Waals surface area contributed by atoms with Crippen molar-refractivity contribution in [1.82, 2.24) is 9.97 Å². The van der Waals surface area contributed by atoms with Crippen molar-refractivity contribution in [2.45, 2.75) is 13.3 Å². The summed E-state index contributed by atoms with van der Waals surface area (Å²) in [5.41, 5.74) is 1.75. The molecule has 6 nitrogen and oxygen atoms in total. The molecule has 170 valence electrons. The molecule has 1 N–H and O–H groups in total. The van der Waals surface area contributed by atoms with Gasteiger partial charge < -0.3 is 9.47 Å². The highest BCUT2D eigenvalue weighted by molar-refractivity contribution is 7.17. The van der Waals surface area contributed by atoms with E-state index in [0.717, 1.165) is 16.5 Å². The highest BCUT2D eigenvalue weighted by Crippen LogP contribution is 2.35. The van der Waals surface area contributed by atoms with Crippen LogP contribution in [0.1, 0.15) is 25.8 Å². The van der Waals surface area contributed by atoms with Gasteiger partial charge in [0.25, 0.3) is 5.91 Å². The lowest BCUT2D eigenvalue weighted by atomic mass is 10.1. The van der Waals surface area contributed by atoms with Gasteiger partial charge in [-0.2, -0.15) is 0 Å². The standard InChI is InChI=1S/C23H19F2N3O3S2/c1-12-20(33-22(27-12)14-5-7-18(30-2)19(9-14)31-3)21(29)28-23-26-11-16(32-23)8-13-4-6-15(24)10-17(13)25/h4-7,9-11H,8H2,1-3H3,(H,26,28,29). The van der Waals surface area contributed by atoms with Gasteiger partial charge >= 0.3 is 0 Å². The van der Waals surface area contributed by atoms with E-state index in [2.05, 4.69) is 15.3 Å². The topological polar surface area (TPSA) is 73.3 Å². The van der Waals surface area contributed by atoms with Crippen molar-refractivity contribution in [2.24, 2.45) is 0 Å². The fraction of sp³-hybridized carbons (Fsp3) is 0.174. The minimum Gasteiger partial charge on any atom is -0.493 e. The lowest BCUT2D eigenvalue weighted by molar-refractivity contribution is 0.103. The van der Waals surface area contributed by atoms with Crippen molar-refractivity contribution in [3.05, 3.63) is 75.2 Å². The number of methoxy groups -OCH3 is 2. The maximum absolute atomic E-state index is 13.9. The minimum atomic E-state index is -0.624. The lowest BCUT2D eigenvalue weighted by Crippen LogP contribution is -2.11. The average molecular weight is 488 g/mol. The first-order valence-corrected chi connectivity index (χ1v) is 11.4. The molecule has 0 aliphatic carbocycles. The number of aryl methyl sites for hydroxylation is 1. The Bertz CT molecular complexity index is 1320. The Hall–Kier alpha value is -3.37. The number of thiazole rings is 2. The van der Waals surface area contributed by atoms with Crippen molar-refractivity contribution in [1.29, 1.82) is 0 Å². The number of ether oxygens (including phenoxy) is 2. The van der Waals surface area contributed by atoms with Gasteiger partial charge in [0.05, 0.1) is 19.9 Å². The number of rotatable bonds is 7. The van der Waals surface area contributed by atoms with Gasteiger partial charge in [0.2, 0.25) is 0 Å². The fourth-order valence-electron chi connectivity index (χ4n) is 3.15. The van der Waals surface area contributed by atoms with E-state index in [1.165, 1.54) is 34.8 Å². The smallest absolute Gasteiger partial charge is 0.269 e. The Morgan fingerprint density at radius 1 is 1.06 bits per heavy atom. The molecule has 0 unspecified atom stereocenters. The second kappa shape index (κ2) is 9.63. The molecule has 0 aliphatic heterocycles. The Morgan fingerprint density at radius 2 is 1.85 bits per heavy atom. The molecular weight excluding hydrogens is 468 g/mol. The number of benzene rings is 2. The summed E-state index contributed by atoms with van der Waals surface area (Å²) in [7, 11) is 3.12. The molecule has 0 spiro atoms. The van der Waals surface area contributed by atoms with Crippen LogP contribution in [-0.2, 0) is 6.42 Å². The van der Waals surface area contributed by atoms with E-state index in [1.807, 2.05) is 6.07 Å². The summed E-state index contributed by atoms with van der Waals surface area (Å²) in [4.78, 5) is 22.8. The van der Waals surface area contributed by atoms with Gasteiger partial charge in [0.1, 0.15) is 21.5 Å². The van der Waals surface area contributed by atoms with Crippen LogP contribution in [0.4, 0.5) is 13.9 Å². The third-order valence-electron chi connectivity index (χ3n) is 4.79. The van der Waals surface area contributed by atoms with E-state index >= 15 is 0 Å². The van der Waals surface area contributed by atoms with E-state index in [1.54, 1.807) is 39.5 Å². The summed E-state index contributed by atoms with van der Waals surface area (Å²) in [6, 6.07) is 8.90. The second-order valence-corrected chi connectivity index (χ2v) is 9.12. The molecule has 0 atom stereocenters. The zero-order chi connectivity index (χ0) is 23.5. The third kappa shape index (κ3) is 5.01. The average Bonchev–Trinajstić information content (AvgIpc) is 3.41. The highest BCUT2D eigenvalue weighted by atomic mass is 32.1. The van der Waals surface area contributed by atoms with Crippen LogP contribution in [0.2, 0.25) is 0 Å². The number of hydrogen-bond acceptors (Lipinski definition) is 7. The lowest BCUT2D eigenvalue weighted by Gasteiger charge is -2.08. The summed E-state index contributed by atoms with van der Waals surface area (Å²) in [6.45, 7) is 1.76. The first kappa shape index (κ1) is 22.8. The molecule has 0 bridgehead atoms. The number of hydrogen-bond donors (Lipinski definition) is 1. The van der Waals surface area contributed by atoms with Gasteiger partial charge in [-0.25, -0.2) is 18.7 Å². The van der Waals surface area contributed by atoms with Crippen LogP contribution < -0.4 is 14.8 Å². The summed E-state index contributed by atoms with van der Waals surface area (Å²) in [5.74, 6) is -0.391.